The third kappa shape index (κ3) is 3.46. The lowest BCUT2D eigenvalue weighted by Gasteiger charge is -2.37. The zero-order valence-electron chi connectivity index (χ0n) is 14.2. The van der Waals surface area contributed by atoms with Crippen LogP contribution in [-0.4, -0.2) is 49.6 Å². The quantitative estimate of drug-likeness (QED) is 0.777. The first-order valence-corrected chi connectivity index (χ1v) is 9.06. The van der Waals surface area contributed by atoms with E-state index in [1.165, 1.54) is 51.1 Å². The van der Waals surface area contributed by atoms with Gasteiger partial charge in [0, 0.05) is 39.3 Å². The summed E-state index contributed by atoms with van der Waals surface area (Å²) in [6, 6.07) is 8.50. The highest BCUT2D eigenvalue weighted by Gasteiger charge is 2.36. The Labute approximate surface area is 139 Å². The van der Waals surface area contributed by atoms with E-state index < -0.39 is 0 Å². The molecule has 1 aromatic carbocycles. The number of fused-ring (bicyclic) bond motifs is 2. The zero-order valence-corrected chi connectivity index (χ0v) is 14.2. The van der Waals surface area contributed by atoms with Crippen molar-refractivity contribution in [1.29, 1.82) is 0 Å². The number of methoxy groups -OCH3 is 1. The summed E-state index contributed by atoms with van der Waals surface area (Å²) in [5.74, 6) is 3.66. The Morgan fingerprint density at radius 1 is 0.957 bits per heavy atom. The number of rotatable bonds is 5. The summed E-state index contributed by atoms with van der Waals surface area (Å²) >= 11 is 0. The van der Waals surface area contributed by atoms with Crippen LogP contribution >= 0.6 is 0 Å². The molecule has 3 nitrogen and oxygen atoms in total. The maximum absolute atomic E-state index is 5.23. The lowest BCUT2D eigenvalue weighted by Crippen LogP contribution is -2.47. The van der Waals surface area contributed by atoms with Gasteiger partial charge in [0.15, 0.2) is 0 Å². The van der Waals surface area contributed by atoms with Crippen molar-refractivity contribution in [3.05, 3.63) is 42.0 Å². The van der Waals surface area contributed by atoms with E-state index in [9.17, 15) is 0 Å². The fourth-order valence-electron chi connectivity index (χ4n) is 4.56. The molecule has 1 heterocycles. The van der Waals surface area contributed by atoms with Crippen LogP contribution in [0.25, 0.3) is 0 Å². The van der Waals surface area contributed by atoms with E-state index in [2.05, 4.69) is 46.2 Å². The first-order valence-electron chi connectivity index (χ1n) is 9.06. The number of benzene rings is 1. The molecule has 0 radical (unpaired) electrons. The largest absolute Gasteiger partial charge is 0.497 e. The highest BCUT2D eigenvalue weighted by molar-refractivity contribution is 5.27. The van der Waals surface area contributed by atoms with Crippen LogP contribution in [0.15, 0.2) is 36.4 Å². The monoisotopic (exact) mass is 312 g/mol. The molecule has 0 N–H and O–H groups in total. The molecule has 3 atom stereocenters. The maximum atomic E-state index is 5.23. The molecule has 0 unspecified atom stereocenters. The number of hydrogen-bond donors (Lipinski definition) is 0. The highest BCUT2D eigenvalue weighted by Crippen LogP contribution is 2.43. The van der Waals surface area contributed by atoms with Gasteiger partial charge in [0.2, 0.25) is 0 Å². The molecule has 4 rings (SSSR count). The Morgan fingerprint density at radius 3 is 2.30 bits per heavy atom. The second-order valence-electron chi connectivity index (χ2n) is 7.47. The van der Waals surface area contributed by atoms with E-state index in [4.69, 9.17) is 4.74 Å². The third-order valence-corrected chi connectivity index (χ3v) is 5.94. The molecule has 1 aromatic rings. The van der Waals surface area contributed by atoms with Gasteiger partial charge in [-0.15, -0.1) is 0 Å². The van der Waals surface area contributed by atoms with Crippen molar-refractivity contribution < 1.29 is 4.74 Å². The predicted molar refractivity (Wildman–Crippen MR) is 93.6 cm³/mol. The Kier molecular flexibility index (Phi) is 4.41. The van der Waals surface area contributed by atoms with E-state index >= 15 is 0 Å². The van der Waals surface area contributed by atoms with Gasteiger partial charge < -0.3 is 9.64 Å². The van der Waals surface area contributed by atoms with Crippen molar-refractivity contribution in [1.82, 2.24) is 9.80 Å². The maximum Gasteiger partial charge on any atom is 0.118 e. The summed E-state index contributed by atoms with van der Waals surface area (Å²) < 4.78 is 5.23. The van der Waals surface area contributed by atoms with Crippen LogP contribution in [0.3, 0.4) is 0 Å². The van der Waals surface area contributed by atoms with E-state index in [1.807, 2.05) is 0 Å². The van der Waals surface area contributed by atoms with Crippen molar-refractivity contribution in [2.45, 2.75) is 19.4 Å². The number of allylic oxidation sites excluding steroid dienone is 2. The van der Waals surface area contributed by atoms with Crippen LogP contribution in [-0.2, 0) is 6.54 Å². The molecule has 1 aliphatic heterocycles. The molecule has 23 heavy (non-hydrogen) atoms. The predicted octanol–water partition coefficient (Wildman–Crippen LogP) is 3.03. The molecule has 0 amide bonds. The first-order chi connectivity index (χ1) is 11.3. The lowest BCUT2D eigenvalue weighted by atomic mass is 9.93. The van der Waals surface area contributed by atoms with Crippen LogP contribution in [0.2, 0.25) is 0 Å². The second kappa shape index (κ2) is 6.66. The molecule has 3 aliphatic rings. The molecule has 1 saturated heterocycles. The molecule has 0 spiro atoms. The average molecular weight is 312 g/mol. The fourth-order valence-corrected chi connectivity index (χ4v) is 4.56. The fraction of sp³-hybridized carbons (Fsp3) is 0.600. The summed E-state index contributed by atoms with van der Waals surface area (Å²) in [4.78, 5) is 5.28. The van der Waals surface area contributed by atoms with Gasteiger partial charge in [-0.3, -0.25) is 4.90 Å². The van der Waals surface area contributed by atoms with E-state index in [1.54, 1.807) is 7.11 Å². The van der Waals surface area contributed by atoms with Gasteiger partial charge in [-0.2, -0.15) is 0 Å². The summed E-state index contributed by atoms with van der Waals surface area (Å²) in [7, 11) is 1.72. The topological polar surface area (TPSA) is 15.7 Å². The third-order valence-electron chi connectivity index (χ3n) is 5.94. The standard InChI is InChI=1S/C20H28N2O/c1-23-20-6-3-16(4-7-20)14-21-8-10-22(11-9-21)15-19-13-17-2-5-18(19)12-17/h2-7,17-19H,8-15H2,1H3/t17-,18+,19-/m0/s1. The summed E-state index contributed by atoms with van der Waals surface area (Å²) in [6.45, 7) is 7.24. The van der Waals surface area contributed by atoms with Gasteiger partial charge in [0.25, 0.3) is 0 Å². The van der Waals surface area contributed by atoms with E-state index in [-0.39, 0.29) is 0 Å². The minimum absolute atomic E-state index is 0.886. The van der Waals surface area contributed by atoms with Gasteiger partial charge in [-0.1, -0.05) is 24.3 Å². The zero-order chi connectivity index (χ0) is 15.6. The van der Waals surface area contributed by atoms with Crippen LogP contribution in [0.1, 0.15) is 18.4 Å². The lowest BCUT2D eigenvalue weighted by molar-refractivity contribution is 0.108. The van der Waals surface area contributed by atoms with Crippen LogP contribution < -0.4 is 4.74 Å². The SMILES string of the molecule is COc1ccc(CN2CCN(C[C@@H]3C[C@H]4C=C[C@@H]3C4)CC2)cc1. The molecule has 0 aromatic heterocycles. The average Bonchev–Trinajstić information content (AvgIpc) is 3.20. The summed E-state index contributed by atoms with van der Waals surface area (Å²) in [5.41, 5.74) is 1.39. The first kappa shape index (κ1) is 15.2. The summed E-state index contributed by atoms with van der Waals surface area (Å²) in [6.07, 6.45) is 7.81. The number of nitrogens with zero attached hydrogens (tertiary/aromatic N) is 2. The molecule has 2 aliphatic carbocycles. The minimum atomic E-state index is 0.886. The normalized spacial score (nSPS) is 30.9. The van der Waals surface area contributed by atoms with Crippen molar-refractivity contribution in [3.63, 3.8) is 0 Å². The van der Waals surface area contributed by atoms with Gasteiger partial charge >= 0.3 is 0 Å². The van der Waals surface area contributed by atoms with Crippen LogP contribution in [0.4, 0.5) is 0 Å². The Balaban J connectivity index is 1.23. The van der Waals surface area contributed by atoms with Crippen LogP contribution in [0, 0.1) is 17.8 Å². The highest BCUT2D eigenvalue weighted by atomic mass is 16.5. The van der Waals surface area contributed by atoms with Gasteiger partial charge in [-0.25, -0.2) is 0 Å². The van der Waals surface area contributed by atoms with Crippen LogP contribution in [0.5, 0.6) is 5.75 Å². The molecule has 124 valence electrons. The smallest absolute Gasteiger partial charge is 0.118 e. The van der Waals surface area contributed by atoms with E-state index in [0.717, 1.165) is 30.0 Å². The minimum Gasteiger partial charge on any atom is -0.497 e. The Hall–Kier alpha value is -1.32. The Morgan fingerprint density at radius 2 is 1.70 bits per heavy atom. The van der Waals surface area contributed by atoms with Gasteiger partial charge in [0.05, 0.1) is 7.11 Å². The molecular weight excluding hydrogens is 284 g/mol. The molecule has 2 bridgehead atoms. The summed E-state index contributed by atoms with van der Waals surface area (Å²) in [5, 5.41) is 0. The van der Waals surface area contributed by atoms with Crippen molar-refractivity contribution in [2.24, 2.45) is 17.8 Å². The number of ether oxygens (including phenoxy) is 1. The number of hydrogen-bond acceptors (Lipinski definition) is 3. The second-order valence-corrected chi connectivity index (χ2v) is 7.47. The van der Waals surface area contributed by atoms with Crippen molar-refractivity contribution in [3.8, 4) is 5.75 Å². The molecule has 1 saturated carbocycles. The van der Waals surface area contributed by atoms with Gasteiger partial charge in [0.1, 0.15) is 5.75 Å². The molecule has 2 fully saturated rings. The van der Waals surface area contributed by atoms with Crippen molar-refractivity contribution in [2.75, 3.05) is 39.8 Å². The van der Waals surface area contributed by atoms with Crippen molar-refractivity contribution >= 4 is 0 Å². The number of piperazine rings is 1. The molecular formula is C20H28N2O. The molecule has 3 heteroatoms. The van der Waals surface area contributed by atoms with Gasteiger partial charge in [-0.05, 0) is 48.3 Å². The Bertz CT molecular complexity index is 545. The van der Waals surface area contributed by atoms with E-state index in [0.29, 0.717) is 0 Å².